The number of nitrogens with zero attached hydrogens (tertiary/aromatic N) is 2. The molecule has 0 amide bonds. The summed E-state index contributed by atoms with van der Waals surface area (Å²) in [6, 6.07) is 0. The third-order valence-electron chi connectivity index (χ3n) is 4.31. The molecule has 0 radical (unpaired) electrons. The maximum atomic E-state index is 11.8. The number of ether oxygens (including phenoxy) is 2. The number of nitrogens with one attached hydrogen (secondary N) is 2. The van der Waals surface area contributed by atoms with E-state index in [0.717, 1.165) is 0 Å². The molecule has 0 aromatic carbocycles. The lowest BCUT2D eigenvalue weighted by Gasteiger charge is -2.27. The summed E-state index contributed by atoms with van der Waals surface area (Å²) in [5, 5.41) is 27.2. The Labute approximate surface area is 180 Å². The lowest BCUT2D eigenvalue weighted by Crippen LogP contribution is -2.47. The molecular weight excluding hydrogens is 457 g/mol. The van der Waals surface area contributed by atoms with E-state index in [9.17, 15) is 29.4 Å². The van der Waals surface area contributed by atoms with Crippen LogP contribution in [-0.4, -0.2) is 62.7 Å². The second-order valence-electron chi connectivity index (χ2n) is 6.30. The predicted octanol–water partition coefficient (Wildman–Crippen LogP) is -0.582. The van der Waals surface area contributed by atoms with E-state index in [1.807, 2.05) is 0 Å². The number of anilines is 1. The molecule has 172 valence electrons. The van der Waals surface area contributed by atoms with Crippen molar-refractivity contribution in [2.24, 2.45) is 10.7 Å². The van der Waals surface area contributed by atoms with Crippen molar-refractivity contribution in [1.29, 1.82) is 0 Å². The standard InChI is InChI=1S/C15H22N5O9PS/c1-3-27-13(23)14(30(24,25)26)28-4-6-8(21)9(22)12(29-6)20-5-17-7-10(16)18-15(31-2)19-11(7)20/h11,14,17,21-22H,3-5,16H2,1-2H3,(H,18,19)(H2,24,25,26)/t11-,14?/m1/s1. The van der Waals surface area contributed by atoms with Gasteiger partial charge in [0.1, 0.15) is 18.6 Å². The van der Waals surface area contributed by atoms with Gasteiger partial charge in [-0.25, -0.2) is 9.79 Å². The van der Waals surface area contributed by atoms with Crippen molar-refractivity contribution >= 4 is 36.4 Å². The second kappa shape index (κ2) is 8.88. The Morgan fingerprint density at radius 2 is 2.16 bits per heavy atom. The molecule has 1 fully saturated rings. The predicted molar refractivity (Wildman–Crippen MR) is 109 cm³/mol. The maximum absolute atomic E-state index is 11.8. The SMILES string of the molecule is CCOC(=O)C(OCc1oc(N2CNC3=C(N)N=C(SC)N[C@@H]32)c(O)c1O)P(=O)(O)O. The highest BCUT2D eigenvalue weighted by atomic mass is 32.2. The molecule has 31 heavy (non-hydrogen) atoms. The normalized spacial score (nSPS) is 19.4. The van der Waals surface area contributed by atoms with Gasteiger partial charge >= 0.3 is 13.6 Å². The molecule has 3 heterocycles. The van der Waals surface area contributed by atoms with E-state index in [-0.39, 0.29) is 30.7 Å². The molecule has 0 aliphatic carbocycles. The number of carbonyl (C=O) groups excluding carboxylic acids is 1. The van der Waals surface area contributed by atoms with E-state index in [4.69, 9.17) is 14.9 Å². The fraction of sp³-hybridized carbons (Fsp3) is 0.467. The number of rotatable bonds is 7. The maximum Gasteiger partial charge on any atom is 0.365 e. The molecule has 16 heteroatoms. The van der Waals surface area contributed by atoms with Crippen LogP contribution in [-0.2, 0) is 25.4 Å². The van der Waals surface area contributed by atoms with Crippen LogP contribution in [0.2, 0.25) is 0 Å². The fourth-order valence-electron chi connectivity index (χ4n) is 2.92. The van der Waals surface area contributed by atoms with Crippen LogP contribution in [0, 0.1) is 0 Å². The minimum absolute atomic E-state index is 0.119. The van der Waals surface area contributed by atoms with E-state index in [1.165, 1.54) is 23.6 Å². The highest BCUT2D eigenvalue weighted by Gasteiger charge is 2.41. The highest BCUT2D eigenvalue weighted by Crippen LogP contribution is 2.46. The Kier molecular flexibility index (Phi) is 6.62. The van der Waals surface area contributed by atoms with Gasteiger partial charge in [-0.2, -0.15) is 0 Å². The van der Waals surface area contributed by atoms with Crippen molar-refractivity contribution in [1.82, 2.24) is 10.6 Å². The summed E-state index contributed by atoms with van der Waals surface area (Å²) in [5.74, 6) is -5.08. The van der Waals surface area contributed by atoms with Gasteiger partial charge in [0.25, 0.3) is 5.85 Å². The van der Waals surface area contributed by atoms with Gasteiger partial charge in [-0.1, -0.05) is 11.8 Å². The molecule has 1 aromatic rings. The van der Waals surface area contributed by atoms with Gasteiger partial charge < -0.3 is 50.3 Å². The topological polar surface area (TPSA) is 212 Å². The van der Waals surface area contributed by atoms with Gasteiger partial charge in [-0.3, -0.25) is 9.46 Å². The van der Waals surface area contributed by atoms with Crippen molar-refractivity contribution in [2.75, 3.05) is 24.4 Å². The molecule has 0 saturated carbocycles. The smallest absolute Gasteiger partial charge is 0.365 e. The molecule has 2 aliphatic rings. The number of aromatic hydroxyl groups is 2. The third-order valence-corrected chi connectivity index (χ3v) is 5.88. The van der Waals surface area contributed by atoms with Gasteiger partial charge in [0.05, 0.1) is 19.0 Å². The molecule has 1 unspecified atom stereocenters. The first-order chi connectivity index (χ1) is 14.6. The molecule has 8 N–H and O–H groups in total. The third kappa shape index (κ3) is 4.55. The molecule has 3 rings (SSSR count). The van der Waals surface area contributed by atoms with Crippen LogP contribution in [0.25, 0.3) is 0 Å². The van der Waals surface area contributed by atoms with Crippen molar-refractivity contribution < 1.29 is 43.3 Å². The average molecular weight is 479 g/mol. The molecule has 14 nitrogen and oxygen atoms in total. The van der Waals surface area contributed by atoms with Crippen molar-refractivity contribution in [3.8, 4) is 11.5 Å². The van der Waals surface area contributed by atoms with E-state index < -0.39 is 43.7 Å². The number of aliphatic imine (C=N–C) groups is 1. The van der Waals surface area contributed by atoms with Crippen LogP contribution in [0.5, 0.6) is 11.5 Å². The summed E-state index contributed by atoms with van der Waals surface area (Å²) in [4.78, 5) is 36.2. The molecule has 2 atom stereocenters. The lowest BCUT2D eigenvalue weighted by molar-refractivity contribution is -0.153. The van der Waals surface area contributed by atoms with Gasteiger partial charge in [-0.15, -0.1) is 0 Å². The molecule has 2 aliphatic heterocycles. The Morgan fingerprint density at radius 3 is 2.77 bits per heavy atom. The molecule has 0 bridgehead atoms. The van der Waals surface area contributed by atoms with Crippen molar-refractivity contribution in [2.45, 2.75) is 25.5 Å². The van der Waals surface area contributed by atoms with E-state index in [2.05, 4.69) is 20.4 Å². The number of furan rings is 1. The zero-order valence-corrected chi connectivity index (χ0v) is 18.1. The Balaban J connectivity index is 1.82. The van der Waals surface area contributed by atoms with Crippen LogP contribution in [0.1, 0.15) is 12.7 Å². The van der Waals surface area contributed by atoms with Gasteiger partial charge in [-0.05, 0) is 13.2 Å². The second-order valence-corrected chi connectivity index (χ2v) is 8.75. The van der Waals surface area contributed by atoms with Gasteiger partial charge in [0.15, 0.2) is 10.9 Å². The zero-order valence-electron chi connectivity index (χ0n) is 16.4. The first kappa shape index (κ1) is 23.1. The number of esters is 1. The van der Waals surface area contributed by atoms with Crippen molar-refractivity contribution in [3.05, 3.63) is 17.3 Å². The fourth-order valence-corrected chi connectivity index (χ4v) is 3.95. The zero-order chi connectivity index (χ0) is 22.9. The first-order valence-corrected chi connectivity index (χ1v) is 11.8. The van der Waals surface area contributed by atoms with Gasteiger partial charge in [0.2, 0.25) is 17.4 Å². The largest absolute Gasteiger partial charge is 0.502 e. The molecule has 1 saturated heterocycles. The number of amidine groups is 1. The van der Waals surface area contributed by atoms with Crippen molar-refractivity contribution in [3.63, 3.8) is 0 Å². The van der Waals surface area contributed by atoms with Crippen LogP contribution in [0.15, 0.2) is 20.9 Å². The number of hydrogen-bond donors (Lipinski definition) is 7. The Bertz CT molecular complexity index is 974. The Hall–Kier alpha value is -2.58. The first-order valence-electron chi connectivity index (χ1n) is 8.84. The van der Waals surface area contributed by atoms with E-state index in [0.29, 0.717) is 10.9 Å². The summed E-state index contributed by atoms with van der Waals surface area (Å²) in [6.07, 6.45) is 1.22. The van der Waals surface area contributed by atoms with Crippen LogP contribution < -0.4 is 21.3 Å². The summed E-state index contributed by atoms with van der Waals surface area (Å²) in [5.41, 5.74) is 6.48. The number of thioether (sulfide) groups is 1. The lowest BCUT2D eigenvalue weighted by atomic mass is 10.3. The molecular formula is C15H22N5O9PS. The van der Waals surface area contributed by atoms with E-state index >= 15 is 0 Å². The average Bonchev–Trinajstić information content (AvgIpc) is 3.23. The van der Waals surface area contributed by atoms with Crippen LogP contribution in [0.4, 0.5) is 5.88 Å². The summed E-state index contributed by atoms with van der Waals surface area (Å²) in [6.45, 7) is 0.755. The monoisotopic (exact) mass is 479 g/mol. The minimum Gasteiger partial charge on any atom is -0.502 e. The number of nitrogens with two attached hydrogens (primary N) is 1. The van der Waals surface area contributed by atoms with Crippen LogP contribution in [0.3, 0.4) is 0 Å². The summed E-state index contributed by atoms with van der Waals surface area (Å²) >= 11 is 1.32. The number of fused-ring (bicyclic) bond motifs is 1. The molecule has 1 aromatic heterocycles. The number of hydrogen-bond acceptors (Lipinski definition) is 13. The summed E-state index contributed by atoms with van der Waals surface area (Å²) < 4.78 is 26.6. The molecule has 0 spiro atoms. The summed E-state index contributed by atoms with van der Waals surface area (Å²) in [7, 11) is -5.02. The number of carbonyl (C=O) groups is 1. The minimum atomic E-state index is -5.02. The quantitative estimate of drug-likeness (QED) is 0.193. The van der Waals surface area contributed by atoms with Gasteiger partial charge in [0, 0.05) is 0 Å². The highest BCUT2D eigenvalue weighted by molar-refractivity contribution is 8.13. The Morgan fingerprint density at radius 1 is 1.45 bits per heavy atom. The van der Waals surface area contributed by atoms with Crippen LogP contribution >= 0.6 is 19.4 Å². The van der Waals surface area contributed by atoms with E-state index in [1.54, 1.807) is 6.26 Å².